The molecule has 2 aliphatic rings. The topological polar surface area (TPSA) is 34.2 Å². The van der Waals surface area contributed by atoms with Crippen molar-refractivity contribution in [2.75, 3.05) is 59.2 Å². The number of nitrogens with zero attached hydrogens (tertiary/aromatic N) is 2. The van der Waals surface area contributed by atoms with E-state index < -0.39 is 29.9 Å². The first-order chi connectivity index (χ1) is 17.8. The normalized spacial score (nSPS) is 21.4. The van der Waals surface area contributed by atoms with E-state index in [0.29, 0.717) is 45.5 Å². The lowest BCUT2D eigenvalue weighted by Gasteiger charge is -2.40. The molecule has 5 nitrogen and oxygen atoms in total. The molecule has 0 aromatic heterocycles. The monoisotopic (exact) mass is 524 g/mol. The van der Waals surface area contributed by atoms with Crippen molar-refractivity contribution in [3.8, 4) is 11.8 Å². The van der Waals surface area contributed by atoms with Crippen molar-refractivity contribution in [3.63, 3.8) is 0 Å². The third kappa shape index (κ3) is 7.97. The minimum atomic E-state index is -4.64. The number of alkyl halides is 3. The van der Waals surface area contributed by atoms with Gasteiger partial charge in [-0.2, -0.15) is 13.2 Å². The van der Waals surface area contributed by atoms with E-state index in [1.165, 1.54) is 12.1 Å². The Morgan fingerprint density at radius 1 is 0.892 bits per heavy atom. The van der Waals surface area contributed by atoms with Gasteiger partial charge in [-0.15, -0.1) is 0 Å². The van der Waals surface area contributed by atoms with Gasteiger partial charge in [0.2, 0.25) is 0 Å². The summed E-state index contributed by atoms with van der Waals surface area (Å²) < 4.78 is 83.6. The van der Waals surface area contributed by atoms with Gasteiger partial charge >= 0.3 is 6.18 Å². The molecule has 2 atom stereocenters. The van der Waals surface area contributed by atoms with Gasteiger partial charge in [0.15, 0.2) is 6.29 Å². The van der Waals surface area contributed by atoms with Gasteiger partial charge in [-0.25, -0.2) is 8.78 Å². The Bertz CT molecular complexity index is 1080. The summed E-state index contributed by atoms with van der Waals surface area (Å²) in [5, 5.41) is 0. The van der Waals surface area contributed by atoms with Crippen molar-refractivity contribution in [1.29, 1.82) is 0 Å². The molecular weight excluding hydrogens is 495 g/mol. The zero-order valence-corrected chi connectivity index (χ0v) is 20.3. The molecule has 2 aromatic carbocycles. The lowest BCUT2D eigenvalue weighted by atomic mass is 10.0. The van der Waals surface area contributed by atoms with Gasteiger partial charge < -0.3 is 14.2 Å². The van der Waals surface area contributed by atoms with Crippen LogP contribution in [0, 0.1) is 23.5 Å². The van der Waals surface area contributed by atoms with Crippen LogP contribution in [0.5, 0.6) is 0 Å². The second-order valence-corrected chi connectivity index (χ2v) is 8.91. The van der Waals surface area contributed by atoms with Crippen LogP contribution in [-0.2, 0) is 26.8 Å². The van der Waals surface area contributed by atoms with E-state index in [-0.39, 0.29) is 24.4 Å². The maximum atomic E-state index is 13.7. The molecule has 0 bridgehead atoms. The van der Waals surface area contributed by atoms with E-state index in [1.807, 2.05) is 0 Å². The molecule has 37 heavy (non-hydrogen) atoms. The summed E-state index contributed by atoms with van der Waals surface area (Å²) in [5.41, 5.74) is -0.0964. The standard InChI is InChI=1S/C27H29F5N2O3/c28-23-5-3-21(4-6-23)25-26(36-13-7-20-17-22(27(30,31)32)19-24(29)18-20)37-16-12-34(25)9-2-1-8-33-10-14-35-15-11-33/h3-6,17-19,25-26H,7-16H2/t25-,26+/m0/s1. The van der Waals surface area contributed by atoms with Crippen molar-refractivity contribution in [2.45, 2.75) is 24.9 Å². The second-order valence-electron chi connectivity index (χ2n) is 8.91. The average Bonchev–Trinajstić information content (AvgIpc) is 2.87. The lowest BCUT2D eigenvalue weighted by molar-refractivity contribution is -0.208. The minimum absolute atomic E-state index is 0.0136. The highest BCUT2D eigenvalue weighted by Gasteiger charge is 2.34. The molecule has 2 fully saturated rings. The number of hydrogen-bond donors (Lipinski definition) is 0. The van der Waals surface area contributed by atoms with E-state index >= 15 is 0 Å². The van der Waals surface area contributed by atoms with Gasteiger partial charge in [-0.05, 0) is 47.9 Å². The van der Waals surface area contributed by atoms with E-state index in [1.54, 1.807) is 12.1 Å². The first-order valence-corrected chi connectivity index (χ1v) is 12.1. The molecule has 0 saturated carbocycles. The fourth-order valence-electron chi connectivity index (χ4n) is 4.37. The molecule has 0 amide bonds. The Hall–Kier alpha value is -2.55. The zero-order chi connectivity index (χ0) is 26.3. The molecule has 0 unspecified atom stereocenters. The molecule has 4 rings (SSSR count). The van der Waals surface area contributed by atoms with Crippen molar-refractivity contribution < 1.29 is 36.2 Å². The second kappa shape index (κ2) is 12.8. The van der Waals surface area contributed by atoms with Crippen molar-refractivity contribution in [1.82, 2.24) is 9.80 Å². The highest BCUT2D eigenvalue weighted by atomic mass is 19.4. The summed E-state index contributed by atoms with van der Waals surface area (Å²) >= 11 is 0. The third-order valence-corrected chi connectivity index (χ3v) is 6.29. The van der Waals surface area contributed by atoms with Crippen LogP contribution >= 0.6 is 0 Å². The van der Waals surface area contributed by atoms with Gasteiger partial charge in [0.25, 0.3) is 0 Å². The Labute approximate surface area is 213 Å². The SMILES string of the molecule is Fc1ccc([C@H]2[C@H](OCCc3cc(F)cc(C(F)(F)F)c3)OCCN2CC#CCN2CCOCC2)cc1. The molecule has 2 aliphatic heterocycles. The first-order valence-electron chi connectivity index (χ1n) is 12.1. The summed E-state index contributed by atoms with van der Waals surface area (Å²) in [6.07, 6.45) is -5.33. The highest BCUT2D eigenvalue weighted by Crippen LogP contribution is 2.32. The molecule has 2 heterocycles. The van der Waals surface area contributed by atoms with Crippen LogP contribution in [0.15, 0.2) is 42.5 Å². The Morgan fingerprint density at radius 2 is 1.62 bits per heavy atom. The Morgan fingerprint density at radius 3 is 2.35 bits per heavy atom. The molecular formula is C27H29F5N2O3. The molecule has 2 saturated heterocycles. The minimum Gasteiger partial charge on any atom is -0.379 e. The number of ether oxygens (including phenoxy) is 3. The smallest absolute Gasteiger partial charge is 0.379 e. The summed E-state index contributed by atoms with van der Waals surface area (Å²) in [6, 6.07) is 8.07. The summed E-state index contributed by atoms with van der Waals surface area (Å²) in [6.45, 7) is 5.12. The van der Waals surface area contributed by atoms with Gasteiger partial charge in [-0.1, -0.05) is 24.0 Å². The van der Waals surface area contributed by atoms with Crippen molar-refractivity contribution in [3.05, 3.63) is 70.8 Å². The Kier molecular flexibility index (Phi) is 9.51. The van der Waals surface area contributed by atoms with Crippen LogP contribution in [0.2, 0.25) is 0 Å². The first kappa shape index (κ1) is 27.5. The number of hydrogen-bond acceptors (Lipinski definition) is 5. The van der Waals surface area contributed by atoms with Gasteiger partial charge in [0, 0.05) is 19.6 Å². The van der Waals surface area contributed by atoms with E-state index in [9.17, 15) is 22.0 Å². The predicted octanol–water partition coefficient (Wildman–Crippen LogP) is 4.28. The molecule has 0 N–H and O–H groups in total. The van der Waals surface area contributed by atoms with Gasteiger partial charge in [0.05, 0.1) is 51.1 Å². The van der Waals surface area contributed by atoms with Crippen molar-refractivity contribution >= 4 is 0 Å². The van der Waals surface area contributed by atoms with Crippen molar-refractivity contribution in [2.24, 2.45) is 0 Å². The maximum absolute atomic E-state index is 13.7. The molecule has 10 heteroatoms. The van der Waals surface area contributed by atoms with Crippen LogP contribution < -0.4 is 0 Å². The maximum Gasteiger partial charge on any atom is 0.416 e. The molecule has 0 spiro atoms. The van der Waals surface area contributed by atoms with E-state index in [4.69, 9.17) is 14.2 Å². The largest absolute Gasteiger partial charge is 0.416 e. The van der Waals surface area contributed by atoms with Crippen LogP contribution in [0.3, 0.4) is 0 Å². The van der Waals surface area contributed by atoms with Crippen LogP contribution in [0.25, 0.3) is 0 Å². The summed E-state index contributed by atoms with van der Waals surface area (Å²) in [5.74, 6) is 5.07. The Balaban J connectivity index is 1.42. The third-order valence-electron chi connectivity index (χ3n) is 6.29. The fourth-order valence-corrected chi connectivity index (χ4v) is 4.37. The van der Waals surface area contributed by atoms with Gasteiger partial charge in [0.1, 0.15) is 11.6 Å². The van der Waals surface area contributed by atoms with Crippen LogP contribution in [-0.4, -0.2) is 75.2 Å². The number of halogens is 5. The zero-order valence-electron chi connectivity index (χ0n) is 20.3. The summed E-state index contributed by atoms with van der Waals surface area (Å²) in [4.78, 5) is 4.30. The van der Waals surface area contributed by atoms with E-state index in [0.717, 1.165) is 30.8 Å². The number of morpholine rings is 2. The lowest BCUT2D eigenvalue weighted by Crippen LogP contribution is -2.46. The average molecular weight is 525 g/mol. The van der Waals surface area contributed by atoms with Crippen LogP contribution in [0.4, 0.5) is 22.0 Å². The number of benzene rings is 2. The fraction of sp³-hybridized carbons (Fsp3) is 0.481. The van der Waals surface area contributed by atoms with Gasteiger partial charge in [-0.3, -0.25) is 9.80 Å². The van der Waals surface area contributed by atoms with E-state index in [2.05, 4.69) is 21.6 Å². The highest BCUT2D eigenvalue weighted by molar-refractivity contribution is 5.27. The quantitative estimate of drug-likeness (QED) is 0.399. The number of rotatable bonds is 7. The molecule has 0 radical (unpaired) electrons. The molecule has 0 aliphatic carbocycles. The molecule has 2 aromatic rings. The van der Waals surface area contributed by atoms with Crippen LogP contribution in [0.1, 0.15) is 22.7 Å². The predicted molar refractivity (Wildman–Crippen MR) is 127 cm³/mol. The summed E-state index contributed by atoms with van der Waals surface area (Å²) in [7, 11) is 0. The molecule has 200 valence electrons.